The maximum absolute atomic E-state index is 13.7. The SMILES string of the molecule is O=S(=O)(c1ccc(F)cc1F)N1C[C@@H]2CCCN[C@@H]2C1. The Morgan fingerprint density at radius 3 is 2.75 bits per heavy atom. The molecule has 1 N–H and O–H groups in total. The Kier molecular flexibility index (Phi) is 3.51. The minimum atomic E-state index is -3.89. The van der Waals surface area contributed by atoms with E-state index in [1.165, 1.54) is 4.31 Å². The largest absolute Gasteiger partial charge is 0.312 e. The van der Waals surface area contributed by atoms with Gasteiger partial charge in [-0.2, -0.15) is 4.31 Å². The summed E-state index contributed by atoms with van der Waals surface area (Å²) in [6, 6.07) is 2.71. The van der Waals surface area contributed by atoms with Gasteiger partial charge in [-0.3, -0.25) is 0 Å². The lowest BCUT2D eigenvalue weighted by atomic mass is 9.94. The average Bonchev–Trinajstić information content (AvgIpc) is 2.82. The van der Waals surface area contributed by atoms with E-state index in [1.807, 2.05) is 0 Å². The highest BCUT2D eigenvalue weighted by molar-refractivity contribution is 7.89. The van der Waals surface area contributed by atoms with Gasteiger partial charge in [-0.1, -0.05) is 0 Å². The Morgan fingerprint density at radius 1 is 1.25 bits per heavy atom. The first kappa shape index (κ1) is 13.9. The van der Waals surface area contributed by atoms with E-state index >= 15 is 0 Å². The fraction of sp³-hybridized carbons (Fsp3) is 0.538. The van der Waals surface area contributed by atoms with E-state index < -0.39 is 26.6 Å². The number of halogens is 2. The zero-order valence-electron chi connectivity index (χ0n) is 10.9. The molecule has 20 heavy (non-hydrogen) atoms. The van der Waals surface area contributed by atoms with Crippen LogP contribution in [-0.2, 0) is 10.0 Å². The van der Waals surface area contributed by atoms with Crippen LogP contribution in [0.4, 0.5) is 8.78 Å². The van der Waals surface area contributed by atoms with E-state index in [9.17, 15) is 17.2 Å². The van der Waals surface area contributed by atoms with Crippen LogP contribution in [0.3, 0.4) is 0 Å². The van der Waals surface area contributed by atoms with Crippen molar-refractivity contribution in [1.82, 2.24) is 9.62 Å². The van der Waals surface area contributed by atoms with Gasteiger partial charge in [0.15, 0.2) is 0 Å². The normalized spacial score (nSPS) is 27.5. The number of nitrogens with one attached hydrogen (secondary N) is 1. The highest BCUT2D eigenvalue weighted by Crippen LogP contribution is 2.30. The fourth-order valence-electron chi connectivity index (χ4n) is 3.03. The summed E-state index contributed by atoms with van der Waals surface area (Å²) in [4.78, 5) is -0.447. The molecule has 0 unspecified atom stereocenters. The average molecular weight is 302 g/mol. The Labute approximate surface area is 116 Å². The van der Waals surface area contributed by atoms with E-state index in [4.69, 9.17) is 0 Å². The maximum Gasteiger partial charge on any atom is 0.246 e. The third kappa shape index (κ3) is 2.34. The van der Waals surface area contributed by atoms with E-state index in [-0.39, 0.29) is 12.0 Å². The van der Waals surface area contributed by atoms with Gasteiger partial charge in [0.2, 0.25) is 10.0 Å². The predicted octanol–water partition coefficient (Wildman–Crippen LogP) is 1.34. The van der Waals surface area contributed by atoms with Gasteiger partial charge in [-0.25, -0.2) is 17.2 Å². The van der Waals surface area contributed by atoms with Crippen molar-refractivity contribution < 1.29 is 17.2 Å². The van der Waals surface area contributed by atoms with Crippen molar-refractivity contribution in [3.63, 3.8) is 0 Å². The highest BCUT2D eigenvalue weighted by Gasteiger charge is 2.40. The summed E-state index contributed by atoms with van der Waals surface area (Å²) >= 11 is 0. The van der Waals surface area contributed by atoms with Crippen LogP contribution in [0.1, 0.15) is 12.8 Å². The van der Waals surface area contributed by atoms with Crippen LogP contribution >= 0.6 is 0 Å². The molecule has 0 amide bonds. The molecule has 110 valence electrons. The predicted molar refractivity (Wildman–Crippen MR) is 69.6 cm³/mol. The molecule has 7 heteroatoms. The van der Waals surface area contributed by atoms with Crippen LogP contribution in [-0.4, -0.2) is 38.4 Å². The summed E-state index contributed by atoms with van der Waals surface area (Å²) in [5, 5.41) is 3.30. The minimum Gasteiger partial charge on any atom is -0.312 e. The lowest BCUT2D eigenvalue weighted by molar-refractivity contribution is 0.339. The number of piperidine rings is 1. The minimum absolute atomic E-state index is 0.141. The molecule has 1 aromatic carbocycles. The fourth-order valence-corrected chi connectivity index (χ4v) is 4.60. The van der Waals surface area contributed by atoms with Gasteiger partial charge in [-0.15, -0.1) is 0 Å². The number of sulfonamides is 1. The molecule has 2 atom stereocenters. The lowest BCUT2D eigenvalue weighted by Crippen LogP contribution is -2.41. The molecule has 2 aliphatic rings. The Hall–Kier alpha value is -1.05. The number of benzene rings is 1. The Bertz CT molecular complexity index is 607. The van der Waals surface area contributed by atoms with Gasteiger partial charge < -0.3 is 5.32 Å². The monoisotopic (exact) mass is 302 g/mol. The number of fused-ring (bicyclic) bond motifs is 1. The van der Waals surface area contributed by atoms with Crippen molar-refractivity contribution >= 4 is 10.0 Å². The summed E-state index contributed by atoms with van der Waals surface area (Å²) in [5.41, 5.74) is 0. The summed E-state index contributed by atoms with van der Waals surface area (Å²) in [5.74, 6) is -1.53. The molecule has 2 heterocycles. The topological polar surface area (TPSA) is 49.4 Å². The van der Waals surface area contributed by atoms with Gasteiger partial charge in [0.25, 0.3) is 0 Å². The number of hydrogen-bond donors (Lipinski definition) is 1. The molecule has 3 rings (SSSR count). The van der Waals surface area contributed by atoms with Gasteiger partial charge in [0.1, 0.15) is 16.5 Å². The Balaban J connectivity index is 1.89. The number of rotatable bonds is 2. The second-order valence-electron chi connectivity index (χ2n) is 5.36. The number of hydrogen-bond acceptors (Lipinski definition) is 3. The van der Waals surface area contributed by atoms with Crippen LogP contribution in [0.5, 0.6) is 0 Å². The molecule has 2 saturated heterocycles. The molecular formula is C13H16F2N2O2S. The van der Waals surface area contributed by atoms with Gasteiger partial charge in [0, 0.05) is 25.2 Å². The van der Waals surface area contributed by atoms with Crippen molar-refractivity contribution in [2.45, 2.75) is 23.8 Å². The first-order valence-electron chi connectivity index (χ1n) is 6.67. The van der Waals surface area contributed by atoms with E-state index in [0.29, 0.717) is 19.2 Å². The molecule has 0 saturated carbocycles. The van der Waals surface area contributed by atoms with Crippen molar-refractivity contribution in [1.29, 1.82) is 0 Å². The van der Waals surface area contributed by atoms with Gasteiger partial charge in [0.05, 0.1) is 0 Å². The smallest absolute Gasteiger partial charge is 0.246 e. The van der Waals surface area contributed by atoms with Gasteiger partial charge in [-0.05, 0) is 37.4 Å². The summed E-state index contributed by atoms with van der Waals surface area (Å²) in [6.07, 6.45) is 2.01. The standard InChI is InChI=1S/C13H16F2N2O2S/c14-10-3-4-13(11(15)6-10)20(18,19)17-7-9-2-1-5-16-12(9)8-17/h3-4,6,9,12,16H,1-2,5,7-8H2/t9-,12+/m0/s1. The molecule has 1 aromatic rings. The molecule has 0 spiro atoms. The quantitative estimate of drug-likeness (QED) is 0.897. The second-order valence-corrected chi connectivity index (χ2v) is 7.27. The summed E-state index contributed by atoms with van der Waals surface area (Å²) in [7, 11) is -3.89. The maximum atomic E-state index is 13.7. The van der Waals surface area contributed by atoms with Crippen LogP contribution < -0.4 is 5.32 Å². The highest BCUT2D eigenvalue weighted by atomic mass is 32.2. The van der Waals surface area contributed by atoms with Crippen molar-refractivity contribution in [3.8, 4) is 0 Å². The first-order chi connectivity index (χ1) is 9.48. The molecule has 4 nitrogen and oxygen atoms in total. The van der Waals surface area contributed by atoms with E-state index in [2.05, 4.69) is 5.32 Å². The van der Waals surface area contributed by atoms with Gasteiger partial charge >= 0.3 is 0 Å². The zero-order chi connectivity index (χ0) is 14.3. The van der Waals surface area contributed by atoms with E-state index in [1.54, 1.807) is 0 Å². The lowest BCUT2D eigenvalue weighted by Gasteiger charge is -2.24. The van der Waals surface area contributed by atoms with Crippen molar-refractivity contribution in [2.24, 2.45) is 5.92 Å². The third-order valence-electron chi connectivity index (χ3n) is 4.08. The number of nitrogens with zero attached hydrogens (tertiary/aromatic N) is 1. The molecular weight excluding hydrogens is 286 g/mol. The molecule has 0 bridgehead atoms. The van der Waals surface area contributed by atoms with Crippen LogP contribution in [0.2, 0.25) is 0 Å². The van der Waals surface area contributed by atoms with Crippen LogP contribution in [0.15, 0.2) is 23.1 Å². The van der Waals surface area contributed by atoms with Crippen molar-refractivity contribution in [2.75, 3.05) is 19.6 Å². The third-order valence-corrected chi connectivity index (χ3v) is 5.94. The molecule has 0 radical (unpaired) electrons. The molecule has 2 aliphatic heterocycles. The van der Waals surface area contributed by atoms with Crippen LogP contribution in [0, 0.1) is 17.6 Å². The Morgan fingerprint density at radius 2 is 2.05 bits per heavy atom. The zero-order valence-corrected chi connectivity index (χ0v) is 11.7. The molecule has 0 aliphatic carbocycles. The van der Waals surface area contributed by atoms with Crippen LogP contribution in [0.25, 0.3) is 0 Å². The van der Waals surface area contributed by atoms with E-state index in [0.717, 1.165) is 31.5 Å². The molecule has 0 aromatic heterocycles. The first-order valence-corrected chi connectivity index (χ1v) is 8.11. The van der Waals surface area contributed by atoms with Crippen molar-refractivity contribution in [3.05, 3.63) is 29.8 Å². The molecule has 2 fully saturated rings. The summed E-state index contributed by atoms with van der Waals surface area (Å²) < 4.78 is 52.8. The second kappa shape index (κ2) is 5.05. The summed E-state index contributed by atoms with van der Waals surface area (Å²) in [6.45, 7) is 1.64.